The van der Waals surface area contributed by atoms with Gasteiger partial charge in [0.25, 0.3) is 5.56 Å². The number of halogens is 2. The van der Waals surface area contributed by atoms with Gasteiger partial charge in [-0.1, -0.05) is 0 Å². The predicted octanol–water partition coefficient (Wildman–Crippen LogP) is 2.52. The standard InChI is InChI=1S/C19H15F2N3O3.CH4O/c1-11-7-22-14(9-25)5-18(11)24-12(2)3-15(6-19(24)26)27-10-17-16(21)4-13(20)8-23-17;1-2/h3-9H,10H2,1-2H3;2H,1H3. The molecule has 0 aliphatic carbocycles. The van der Waals surface area contributed by atoms with Crippen molar-refractivity contribution in [1.29, 1.82) is 0 Å². The number of hydrogen-bond acceptors (Lipinski definition) is 6. The maximum atomic E-state index is 13.6. The van der Waals surface area contributed by atoms with Crippen LogP contribution >= 0.6 is 0 Å². The Hall–Kier alpha value is -3.46. The summed E-state index contributed by atoms with van der Waals surface area (Å²) in [4.78, 5) is 31.1. The van der Waals surface area contributed by atoms with Crippen LogP contribution in [-0.2, 0) is 6.61 Å². The molecule has 152 valence electrons. The van der Waals surface area contributed by atoms with Gasteiger partial charge in [0, 0.05) is 37.2 Å². The van der Waals surface area contributed by atoms with Crippen molar-refractivity contribution in [3.63, 3.8) is 0 Å². The topological polar surface area (TPSA) is 94.3 Å². The summed E-state index contributed by atoms with van der Waals surface area (Å²) in [6.07, 6.45) is 3.01. The van der Waals surface area contributed by atoms with E-state index in [0.717, 1.165) is 18.9 Å². The van der Waals surface area contributed by atoms with Crippen molar-refractivity contribution in [1.82, 2.24) is 14.5 Å². The number of nitrogens with zero attached hydrogens (tertiary/aromatic N) is 3. The van der Waals surface area contributed by atoms with Gasteiger partial charge in [-0.15, -0.1) is 0 Å². The molecule has 0 aliphatic rings. The van der Waals surface area contributed by atoms with Crippen LogP contribution in [0.1, 0.15) is 27.4 Å². The molecule has 7 nitrogen and oxygen atoms in total. The number of aliphatic hydroxyl groups is 1. The number of rotatable bonds is 5. The smallest absolute Gasteiger partial charge is 0.259 e. The maximum Gasteiger partial charge on any atom is 0.259 e. The number of ether oxygens (including phenoxy) is 1. The quantitative estimate of drug-likeness (QED) is 0.658. The normalized spacial score (nSPS) is 10.1. The highest BCUT2D eigenvalue weighted by molar-refractivity contribution is 5.73. The van der Waals surface area contributed by atoms with Crippen molar-refractivity contribution < 1.29 is 23.4 Å². The monoisotopic (exact) mass is 403 g/mol. The van der Waals surface area contributed by atoms with E-state index in [1.807, 2.05) is 0 Å². The molecule has 0 unspecified atom stereocenters. The van der Waals surface area contributed by atoms with E-state index in [1.165, 1.54) is 22.9 Å². The first-order chi connectivity index (χ1) is 13.9. The zero-order valence-corrected chi connectivity index (χ0v) is 16.0. The number of aliphatic hydroxyl groups excluding tert-OH is 1. The van der Waals surface area contributed by atoms with Gasteiger partial charge in [0.15, 0.2) is 12.1 Å². The SMILES string of the molecule is CO.Cc1cnc(C=O)cc1-n1c(C)cc(OCc2ncc(F)cc2F)cc1=O. The minimum atomic E-state index is -0.825. The van der Waals surface area contributed by atoms with Crippen LogP contribution in [0.4, 0.5) is 8.78 Å². The van der Waals surface area contributed by atoms with Crippen molar-refractivity contribution in [2.24, 2.45) is 0 Å². The molecule has 0 fully saturated rings. The molecule has 29 heavy (non-hydrogen) atoms. The molecule has 3 rings (SSSR count). The zero-order chi connectivity index (χ0) is 21.6. The van der Waals surface area contributed by atoms with Crippen molar-refractivity contribution >= 4 is 6.29 Å². The average Bonchev–Trinajstić information content (AvgIpc) is 2.70. The molecule has 9 heteroatoms. The Morgan fingerprint density at radius 2 is 1.83 bits per heavy atom. The van der Waals surface area contributed by atoms with Crippen LogP contribution in [-0.4, -0.2) is 33.0 Å². The van der Waals surface area contributed by atoms with Crippen LogP contribution in [0.3, 0.4) is 0 Å². The molecule has 0 aromatic carbocycles. The molecular weight excluding hydrogens is 384 g/mol. The summed E-state index contributed by atoms with van der Waals surface area (Å²) in [7, 11) is 1.00. The lowest BCUT2D eigenvalue weighted by Crippen LogP contribution is -2.21. The number of aryl methyl sites for hydroxylation is 2. The second-order valence-electron chi connectivity index (χ2n) is 5.89. The Labute approximate surface area is 165 Å². The highest BCUT2D eigenvalue weighted by Crippen LogP contribution is 2.18. The predicted molar refractivity (Wildman–Crippen MR) is 101 cm³/mol. The molecule has 0 aliphatic heterocycles. The lowest BCUT2D eigenvalue weighted by Gasteiger charge is -2.14. The first kappa shape index (κ1) is 21.8. The van der Waals surface area contributed by atoms with Crippen molar-refractivity contribution in [3.8, 4) is 11.4 Å². The number of aromatic nitrogens is 3. The largest absolute Gasteiger partial charge is 0.487 e. The first-order valence-corrected chi connectivity index (χ1v) is 8.42. The van der Waals surface area contributed by atoms with Crippen LogP contribution in [0.25, 0.3) is 5.69 Å². The van der Waals surface area contributed by atoms with E-state index in [-0.39, 0.29) is 29.3 Å². The minimum absolute atomic E-state index is 0.0705. The number of hydrogen-bond donors (Lipinski definition) is 1. The van der Waals surface area contributed by atoms with Gasteiger partial charge in [0.2, 0.25) is 0 Å². The summed E-state index contributed by atoms with van der Waals surface area (Å²) in [5.41, 5.74) is 1.56. The number of pyridine rings is 3. The minimum Gasteiger partial charge on any atom is -0.487 e. The number of carbonyl (C=O) groups is 1. The van der Waals surface area contributed by atoms with Gasteiger partial charge in [-0.05, 0) is 25.5 Å². The fraction of sp³-hybridized carbons (Fsp3) is 0.200. The van der Waals surface area contributed by atoms with Gasteiger partial charge in [-0.3, -0.25) is 24.1 Å². The molecule has 3 heterocycles. The lowest BCUT2D eigenvalue weighted by atomic mass is 10.2. The second-order valence-corrected chi connectivity index (χ2v) is 5.89. The van der Waals surface area contributed by atoms with E-state index < -0.39 is 11.6 Å². The van der Waals surface area contributed by atoms with Crippen LogP contribution in [0.2, 0.25) is 0 Å². The molecular formula is C20H19F2N3O4. The van der Waals surface area contributed by atoms with E-state index in [2.05, 4.69) is 9.97 Å². The molecule has 0 bridgehead atoms. The van der Waals surface area contributed by atoms with Crippen molar-refractivity contribution in [3.05, 3.63) is 81.3 Å². The van der Waals surface area contributed by atoms with Crippen molar-refractivity contribution in [2.75, 3.05) is 7.11 Å². The molecule has 0 radical (unpaired) electrons. The fourth-order valence-corrected chi connectivity index (χ4v) is 2.60. The van der Waals surface area contributed by atoms with E-state index >= 15 is 0 Å². The molecule has 0 saturated heterocycles. The Kier molecular flexibility index (Phi) is 7.27. The molecule has 0 saturated carbocycles. The van der Waals surface area contributed by atoms with Crippen LogP contribution in [0.15, 0.2) is 41.5 Å². The summed E-state index contributed by atoms with van der Waals surface area (Å²) < 4.78 is 33.4. The first-order valence-electron chi connectivity index (χ1n) is 8.42. The maximum absolute atomic E-state index is 13.6. The third kappa shape index (κ3) is 5.08. The third-order valence-electron chi connectivity index (χ3n) is 3.91. The molecule has 3 aromatic rings. The summed E-state index contributed by atoms with van der Waals surface area (Å²) >= 11 is 0. The molecule has 3 aromatic heterocycles. The summed E-state index contributed by atoms with van der Waals surface area (Å²) in [5.74, 6) is -1.38. The van der Waals surface area contributed by atoms with Gasteiger partial charge in [-0.2, -0.15) is 0 Å². The Balaban J connectivity index is 0.00000145. The van der Waals surface area contributed by atoms with Crippen LogP contribution in [0, 0.1) is 25.5 Å². The van der Waals surface area contributed by atoms with Crippen molar-refractivity contribution in [2.45, 2.75) is 20.5 Å². The Morgan fingerprint density at radius 1 is 1.10 bits per heavy atom. The summed E-state index contributed by atoms with van der Waals surface area (Å²) in [5, 5.41) is 7.00. The van der Waals surface area contributed by atoms with E-state index in [1.54, 1.807) is 19.9 Å². The molecule has 1 N–H and O–H groups in total. The Morgan fingerprint density at radius 3 is 2.45 bits per heavy atom. The highest BCUT2D eigenvalue weighted by Gasteiger charge is 2.12. The van der Waals surface area contributed by atoms with Gasteiger partial charge < -0.3 is 9.84 Å². The molecule has 0 amide bonds. The number of carbonyl (C=O) groups excluding carboxylic acids is 1. The van der Waals surface area contributed by atoms with Crippen LogP contribution < -0.4 is 10.3 Å². The summed E-state index contributed by atoms with van der Waals surface area (Å²) in [6, 6.07) is 5.08. The second kappa shape index (κ2) is 9.65. The summed E-state index contributed by atoms with van der Waals surface area (Å²) in [6.45, 7) is 3.22. The van der Waals surface area contributed by atoms with E-state index in [4.69, 9.17) is 9.84 Å². The highest BCUT2D eigenvalue weighted by atomic mass is 19.1. The van der Waals surface area contributed by atoms with Gasteiger partial charge in [0.1, 0.15) is 29.6 Å². The Bertz CT molecular complexity index is 1080. The average molecular weight is 403 g/mol. The van der Waals surface area contributed by atoms with E-state index in [9.17, 15) is 18.4 Å². The van der Waals surface area contributed by atoms with Gasteiger partial charge in [-0.25, -0.2) is 8.78 Å². The van der Waals surface area contributed by atoms with Gasteiger partial charge >= 0.3 is 0 Å². The zero-order valence-electron chi connectivity index (χ0n) is 16.0. The molecule has 0 atom stereocenters. The number of aldehydes is 1. The van der Waals surface area contributed by atoms with E-state index in [0.29, 0.717) is 23.7 Å². The fourth-order valence-electron chi connectivity index (χ4n) is 2.60. The molecule has 0 spiro atoms. The lowest BCUT2D eigenvalue weighted by molar-refractivity contribution is 0.111. The van der Waals surface area contributed by atoms with Gasteiger partial charge in [0.05, 0.1) is 11.9 Å². The van der Waals surface area contributed by atoms with Crippen LogP contribution in [0.5, 0.6) is 5.75 Å². The third-order valence-corrected chi connectivity index (χ3v) is 3.91.